The molecule has 2 nitrogen and oxygen atoms in total. The smallest absolute Gasteiger partial charge is 0.123 e. The zero-order valence-corrected chi connectivity index (χ0v) is 11.1. The molecule has 18 heavy (non-hydrogen) atoms. The van der Waals surface area contributed by atoms with E-state index < -0.39 is 0 Å². The van der Waals surface area contributed by atoms with Gasteiger partial charge in [-0.25, -0.2) is 4.39 Å². The van der Waals surface area contributed by atoms with Crippen molar-refractivity contribution in [1.29, 1.82) is 0 Å². The number of halogens is 1. The number of unbranched alkanes of at least 4 members (excludes halogenated alkanes) is 1. The van der Waals surface area contributed by atoms with Crippen molar-refractivity contribution in [1.82, 2.24) is 9.88 Å². The minimum Gasteiger partial charge on any atom is -0.347 e. The quantitative estimate of drug-likeness (QED) is 0.773. The van der Waals surface area contributed by atoms with Crippen molar-refractivity contribution in [2.75, 3.05) is 6.54 Å². The van der Waals surface area contributed by atoms with Crippen LogP contribution in [0.15, 0.2) is 30.5 Å². The van der Waals surface area contributed by atoms with Gasteiger partial charge in [-0.15, -0.1) is 0 Å². The number of rotatable bonds is 6. The Morgan fingerprint density at radius 3 is 2.83 bits per heavy atom. The first-order valence-electron chi connectivity index (χ1n) is 6.64. The molecule has 1 N–H and O–H groups in total. The molecule has 0 saturated heterocycles. The third-order valence-electron chi connectivity index (χ3n) is 3.11. The maximum absolute atomic E-state index is 13.1. The highest BCUT2D eigenvalue weighted by Gasteiger charge is 2.01. The van der Waals surface area contributed by atoms with Gasteiger partial charge < -0.3 is 9.88 Å². The van der Waals surface area contributed by atoms with Crippen molar-refractivity contribution >= 4 is 10.9 Å². The van der Waals surface area contributed by atoms with E-state index in [4.69, 9.17) is 0 Å². The Labute approximate surface area is 108 Å². The van der Waals surface area contributed by atoms with E-state index in [2.05, 4.69) is 23.7 Å². The molecule has 0 unspecified atom stereocenters. The van der Waals surface area contributed by atoms with E-state index in [1.54, 1.807) is 6.07 Å². The number of aryl methyl sites for hydroxylation is 1. The molecule has 2 rings (SSSR count). The van der Waals surface area contributed by atoms with Crippen molar-refractivity contribution in [2.45, 2.75) is 39.3 Å². The minimum atomic E-state index is -0.165. The molecule has 1 heterocycles. The number of benzene rings is 1. The lowest BCUT2D eigenvalue weighted by molar-refractivity contribution is 0.535. The molecule has 0 amide bonds. The molecular formula is C15H21FN2. The first kappa shape index (κ1) is 13.1. The second-order valence-electron chi connectivity index (χ2n) is 5.03. The molecule has 2 aromatic rings. The number of nitrogens with zero attached hydrogens (tertiary/aromatic N) is 1. The van der Waals surface area contributed by atoms with E-state index in [1.807, 2.05) is 18.3 Å². The van der Waals surface area contributed by atoms with Gasteiger partial charge in [0.1, 0.15) is 5.82 Å². The Bertz CT molecular complexity index is 502. The number of hydrogen-bond acceptors (Lipinski definition) is 1. The van der Waals surface area contributed by atoms with Crippen molar-refractivity contribution in [3.05, 3.63) is 36.3 Å². The third-order valence-corrected chi connectivity index (χ3v) is 3.11. The minimum absolute atomic E-state index is 0.165. The molecule has 3 heteroatoms. The lowest BCUT2D eigenvalue weighted by Crippen LogP contribution is -2.23. The van der Waals surface area contributed by atoms with Crippen LogP contribution in [-0.4, -0.2) is 17.2 Å². The highest BCUT2D eigenvalue weighted by Crippen LogP contribution is 2.17. The summed E-state index contributed by atoms with van der Waals surface area (Å²) < 4.78 is 15.3. The lowest BCUT2D eigenvalue weighted by Gasteiger charge is -2.08. The van der Waals surface area contributed by atoms with Crippen LogP contribution in [0.5, 0.6) is 0 Å². The Balaban J connectivity index is 1.88. The summed E-state index contributed by atoms with van der Waals surface area (Å²) in [6.45, 7) is 6.38. The van der Waals surface area contributed by atoms with Gasteiger partial charge in [-0.1, -0.05) is 13.8 Å². The summed E-state index contributed by atoms with van der Waals surface area (Å²) in [6, 6.07) is 7.51. The van der Waals surface area contributed by atoms with Crippen LogP contribution in [0.1, 0.15) is 26.7 Å². The van der Waals surface area contributed by atoms with Crippen molar-refractivity contribution in [3.63, 3.8) is 0 Å². The Morgan fingerprint density at radius 1 is 1.22 bits per heavy atom. The topological polar surface area (TPSA) is 17.0 Å². The van der Waals surface area contributed by atoms with E-state index in [0.717, 1.165) is 30.4 Å². The van der Waals surface area contributed by atoms with Gasteiger partial charge in [0, 0.05) is 29.7 Å². The number of fused-ring (bicyclic) bond motifs is 1. The summed E-state index contributed by atoms with van der Waals surface area (Å²) in [4.78, 5) is 0. The van der Waals surface area contributed by atoms with Crippen molar-refractivity contribution in [2.24, 2.45) is 0 Å². The SMILES string of the molecule is CC(C)NCCCCn1ccc2cc(F)ccc21. The summed E-state index contributed by atoms with van der Waals surface area (Å²) in [5, 5.41) is 4.39. The molecule has 98 valence electrons. The van der Waals surface area contributed by atoms with Crippen LogP contribution >= 0.6 is 0 Å². The van der Waals surface area contributed by atoms with Crippen LogP contribution in [0, 0.1) is 5.82 Å². The second kappa shape index (κ2) is 6.01. The maximum atomic E-state index is 13.1. The Morgan fingerprint density at radius 2 is 2.06 bits per heavy atom. The van der Waals surface area contributed by atoms with Gasteiger partial charge in [-0.3, -0.25) is 0 Å². The standard InChI is InChI=1S/C15H21FN2/c1-12(2)17-8-3-4-9-18-10-7-13-11-14(16)5-6-15(13)18/h5-7,10-12,17H,3-4,8-9H2,1-2H3. The molecule has 0 spiro atoms. The van der Waals surface area contributed by atoms with Crippen LogP contribution in [0.25, 0.3) is 10.9 Å². The van der Waals surface area contributed by atoms with Gasteiger partial charge >= 0.3 is 0 Å². The van der Waals surface area contributed by atoms with E-state index in [0.29, 0.717) is 6.04 Å². The van der Waals surface area contributed by atoms with Gasteiger partial charge in [-0.2, -0.15) is 0 Å². The molecule has 0 aliphatic heterocycles. The Hall–Kier alpha value is -1.35. The molecule has 0 radical (unpaired) electrons. The van der Waals surface area contributed by atoms with Gasteiger partial charge in [0.15, 0.2) is 0 Å². The summed E-state index contributed by atoms with van der Waals surface area (Å²) in [6.07, 6.45) is 4.35. The molecule has 0 fully saturated rings. The molecule has 1 aromatic carbocycles. The lowest BCUT2D eigenvalue weighted by atomic mass is 10.2. The van der Waals surface area contributed by atoms with Crippen LogP contribution in [0.2, 0.25) is 0 Å². The number of hydrogen-bond donors (Lipinski definition) is 1. The average molecular weight is 248 g/mol. The normalized spacial score (nSPS) is 11.6. The van der Waals surface area contributed by atoms with Crippen molar-refractivity contribution in [3.8, 4) is 0 Å². The summed E-state index contributed by atoms with van der Waals surface area (Å²) in [5.74, 6) is -0.165. The largest absolute Gasteiger partial charge is 0.347 e. The first-order valence-corrected chi connectivity index (χ1v) is 6.64. The predicted molar refractivity (Wildman–Crippen MR) is 74.3 cm³/mol. The summed E-state index contributed by atoms with van der Waals surface area (Å²) in [5.41, 5.74) is 1.12. The van der Waals surface area contributed by atoms with E-state index in [-0.39, 0.29) is 5.82 Å². The molecule has 1 aromatic heterocycles. The zero-order valence-electron chi connectivity index (χ0n) is 11.1. The van der Waals surface area contributed by atoms with Crippen LogP contribution < -0.4 is 5.32 Å². The molecule has 0 aliphatic carbocycles. The van der Waals surface area contributed by atoms with Gasteiger partial charge in [0.2, 0.25) is 0 Å². The monoisotopic (exact) mass is 248 g/mol. The first-order chi connectivity index (χ1) is 8.66. The predicted octanol–water partition coefficient (Wildman–Crippen LogP) is 3.56. The van der Waals surface area contributed by atoms with Crippen LogP contribution in [-0.2, 0) is 6.54 Å². The highest BCUT2D eigenvalue weighted by molar-refractivity contribution is 5.80. The molecule has 0 saturated carbocycles. The molecule has 0 atom stereocenters. The average Bonchev–Trinajstić information content (AvgIpc) is 2.70. The molecule has 0 bridgehead atoms. The van der Waals surface area contributed by atoms with Crippen molar-refractivity contribution < 1.29 is 4.39 Å². The van der Waals surface area contributed by atoms with E-state index >= 15 is 0 Å². The second-order valence-corrected chi connectivity index (χ2v) is 5.03. The van der Waals surface area contributed by atoms with Gasteiger partial charge in [0.05, 0.1) is 0 Å². The fourth-order valence-electron chi connectivity index (χ4n) is 2.16. The Kier molecular flexibility index (Phi) is 4.37. The zero-order chi connectivity index (χ0) is 13.0. The number of aromatic nitrogens is 1. The molecular weight excluding hydrogens is 227 g/mol. The maximum Gasteiger partial charge on any atom is 0.123 e. The highest BCUT2D eigenvalue weighted by atomic mass is 19.1. The third kappa shape index (κ3) is 3.33. The van der Waals surface area contributed by atoms with E-state index in [9.17, 15) is 4.39 Å². The summed E-state index contributed by atoms with van der Waals surface area (Å²) >= 11 is 0. The fourth-order valence-corrected chi connectivity index (χ4v) is 2.16. The van der Waals surface area contributed by atoms with Gasteiger partial charge in [-0.05, 0) is 43.7 Å². The van der Waals surface area contributed by atoms with Gasteiger partial charge in [0.25, 0.3) is 0 Å². The van der Waals surface area contributed by atoms with E-state index in [1.165, 1.54) is 12.5 Å². The molecule has 0 aliphatic rings. The van der Waals surface area contributed by atoms with Crippen LogP contribution in [0.4, 0.5) is 4.39 Å². The fraction of sp³-hybridized carbons (Fsp3) is 0.467. The van der Waals surface area contributed by atoms with Crippen LogP contribution in [0.3, 0.4) is 0 Å². The summed E-state index contributed by atoms with van der Waals surface area (Å²) in [7, 11) is 0. The number of nitrogens with one attached hydrogen (secondary N) is 1.